The van der Waals surface area contributed by atoms with Crippen molar-refractivity contribution in [3.8, 4) is 0 Å². The smallest absolute Gasteiger partial charge is 0.0352 e. The van der Waals surface area contributed by atoms with E-state index in [2.05, 4.69) is 48.3 Å². The Morgan fingerprint density at radius 3 is 3.13 bits per heavy atom. The first-order valence-corrected chi connectivity index (χ1v) is 6.97. The van der Waals surface area contributed by atoms with Gasteiger partial charge in [0.15, 0.2) is 0 Å². The van der Waals surface area contributed by atoms with Gasteiger partial charge in [0, 0.05) is 17.5 Å². The Morgan fingerprint density at radius 2 is 2.40 bits per heavy atom. The molecule has 1 aromatic carbocycles. The zero-order chi connectivity index (χ0) is 10.5. The van der Waals surface area contributed by atoms with Crippen LogP contribution in [0.5, 0.6) is 0 Å². The SMILES string of the molecule is CCc1cccc(N[C@H]2CCCSC2)c1. The molecule has 1 fully saturated rings. The van der Waals surface area contributed by atoms with Gasteiger partial charge in [-0.05, 0) is 42.7 Å². The van der Waals surface area contributed by atoms with Gasteiger partial charge in [-0.2, -0.15) is 11.8 Å². The number of rotatable bonds is 3. The summed E-state index contributed by atoms with van der Waals surface area (Å²) in [6, 6.07) is 9.48. The summed E-state index contributed by atoms with van der Waals surface area (Å²) in [5.41, 5.74) is 2.71. The highest BCUT2D eigenvalue weighted by atomic mass is 32.2. The van der Waals surface area contributed by atoms with Crippen molar-refractivity contribution in [2.45, 2.75) is 32.2 Å². The van der Waals surface area contributed by atoms with E-state index in [0.29, 0.717) is 6.04 Å². The lowest BCUT2D eigenvalue weighted by Gasteiger charge is -2.23. The average molecular weight is 221 g/mol. The lowest BCUT2D eigenvalue weighted by Crippen LogP contribution is -2.25. The molecule has 1 nitrogen and oxygen atoms in total. The first-order chi connectivity index (χ1) is 7.38. The van der Waals surface area contributed by atoms with Gasteiger partial charge in [-0.1, -0.05) is 19.1 Å². The number of anilines is 1. The van der Waals surface area contributed by atoms with Crippen LogP contribution in [0.1, 0.15) is 25.3 Å². The van der Waals surface area contributed by atoms with Crippen molar-refractivity contribution in [3.05, 3.63) is 29.8 Å². The summed E-state index contributed by atoms with van der Waals surface area (Å²) >= 11 is 2.07. The summed E-state index contributed by atoms with van der Waals surface area (Å²) in [7, 11) is 0. The van der Waals surface area contributed by atoms with Crippen LogP contribution in [0, 0.1) is 0 Å². The second-order valence-electron chi connectivity index (χ2n) is 4.11. The molecule has 2 rings (SSSR count). The molecule has 0 saturated carbocycles. The Balaban J connectivity index is 1.96. The predicted octanol–water partition coefficient (Wildman–Crippen LogP) is 3.56. The minimum Gasteiger partial charge on any atom is -0.381 e. The molecule has 1 N–H and O–H groups in total. The molecule has 2 heteroatoms. The fraction of sp³-hybridized carbons (Fsp3) is 0.538. The minimum atomic E-state index is 0.677. The lowest BCUT2D eigenvalue weighted by atomic mass is 10.1. The fourth-order valence-corrected chi connectivity index (χ4v) is 3.04. The Morgan fingerprint density at radius 1 is 1.47 bits per heavy atom. The first-order valence-electron chi connectivity index (χ1n) is 5.81. The molecule has 1 aromatic rings. The minimum absolute atomic E-state index is 0.677. The standard InChI is InChI=1S/C13H19NS/c1-2-11-5-3-6-12(9-11)14-13-7-4-8-15-10-13/h3,5-6,9,13-14H,2,4,7-8,10H2,1H3/t13-/m0/s1. The van der Waals surface area contributed by atoms with Crippen molar-refractivity contribution in [1.29, 1.82) is 0 Å². The van der Waals surface area contributed by atoms with Gasteiger partial charge in [-0.15, -0.1) is 0 Å². The van der Waals surface area contributed by atoms with Crippen LogP contribution in [-0.4, -0.2) is 17.5 Å². The molecule has 0 unspecified atom stereocenters. The average Bonchev–Trinajstić information content (AvgIpc) is 2.31. The molecule has 0 bridgehead atoms. The fourth-order valence-electron chi connectivity index (χ4n) is 1.97. The molecule has 1 saturated heterocycles. The highest BCUT2D eigenvalue weighted by molar-refractivity contribution is 7.99. The molecular formula is C13H19NS. The summed E-state index contributed by atoms with van der Waals surface area (Å²) in [4.78, 5) is 0. The van der Waals surface area contributed by atoms with Crippen LogP contribution in [0.3, 0.4) is 0 Å². The van der Waals surface area contributed by atoms with E-state index in [0.717, 1.165) is 6.42 Å². The van der Waals surface area contributed by atoms with E-state index in [1.54, 1.807) is 0 Å². The van der Waals surface area contributed by atoms with E-state index in [9.17, 15) is 0 Å². The van der Waals surface area contributed by atoms with E-state index in [1.807, 2.05) is 0 Å². The topological polar surface area (TPSA) is 12.0 Å². The highest BCUT2D eigenvalue weighted by Crippen LogP contribution is 2.21. The maximum absolute atomic E-state index is 3.63. The summed E-state index contributed by atoms with van der Waals surface area (Å²) < 4.78 is 0. The zero-order valence-corrected chi connectivity index (χ0v) is 10.1. The molecule has 0 aromatic heterocycles. The highest BCUT2D eigenvalue weighted by Gasteiger charge is 2.12. The molecule has 0 radical (unpaired) electrons. The van der Waals surface area contributed by atoms with Crippen molar-refractivity contribution in [3.63, 3.8) is 0 Å². The molecule has 0 amide bonds. The maximum Gasteiger partial charge on any atom is 0.0352 e. The number of hydrogen-bond donors (Lipinski definition) is 1. The summed E-state index contributed by atoms with van der Waals surface area (Å²) in [5.74, 6) is 2.60. The van der Waals surface area contributed by atoms with E-state index in [-0.39, 0.29) is 0 Å². The summed E-state index contributed by atoms with van der Waals surface area (Å²) in [6.45, 7) is 2.20. The van der Waals surface area contributed by atoms with Crippen LogP contribution in [0.15, 0.2) is 24.3 Å². The van der Waals surface area contributed by atoms with Gasteiger partial charge in [0.2, 0.25) is 0 Å². The van der Waals surface area contributed by atoms with Gasteiger partial charge in [0.05, 0.1) is 0 Å². The molecule has 82 valence electrons. The van der Waals surface area contributed by atoms with Crippen molar-refractivity contribution in [1.82, 2.24) is 0 Å². The van der Waals surface area contributed by atoms with Crippen LogP contribution in [0.2, 0.25) is 0 Å². The van der Waals surface area contributed by atoms with E-state index in [4.69, 9.17) is 0 Å². The molecule has 1 aliphatic rings. The summed E-state index contributed by atoms with van der Waals surface area (Å²) in [6.07, 6.45) is 3.80. The van der Waals surface area contributed by atoms with Gasteiger partial charge in [0.25, 0.3) is 0 Å². The zero-order valence-electron chi connectivity index (χ0n) is 9.33. The largest absolute Gasteiger partial charge is 0.381 e. The lowest BCUT2D eigenvalue weighted by molar-refractivity contribution is 0.685. The number of benzene rings is 1. The van der Waals surface area contributed by atoms with Crippen LogP contribution in [0.25, 0.3) is 0 Å². The quantitative estimate of drug-likeness (QED) is 0.837. The van der Waals surface area contributed by atoms with Crippen LogP contribution in [-0.2, 0) is 6.42 Å². The van der Waals surface area contributed by atoms with Gasteiger partial charge < -0.3 is 5.32 Å². The Bertz CT molecular complexity index is 305. The number of nitrogens with one attached hydrogen (secondary N) is 1. The van der Waals surface area contributed by atoms with Crippen molar-refractivity contribution >= 4 is 17.4 Å². The van der Waals surface area contributed by atoms with Crippen LogP contribution in [0.4, 0.5) is 5.69 Å². The van der Waals surface area contributed by atoms with Gasteiger partial charge >= 0.3 is 0 Å². The van der Waals surface area contributed by atoms with Crippen molar-refractivity contribution in [2.75, 3.05) is 16.8 Å². The normalized spacial score (nSPS) is 21.3. The number of aryl methyl sites for hydroxylation is 1. The molecular weight excluding hydrogens is 202 g/mol. The third kappa shape index (κ3) is 3.16. The third-order valence-corrected chi connectivity index (χ3v) is 4.08. The Hall–Kier alpha value is -0.630. The maximum atomic E-state index is 3.63. The predicted molar refractivity (Wildman–Crippen MR) is 69.8 cm³/mol. The van der Waals surface area contributed by atoms with E-state index in [1.165, 1.54) is 35.6 Å². The van der Waals surface area contributed by atoms with Crippen molar-refractivity contribution in [2.24, 2.45) is 0 Å². The Labute approximate surface area is 96.7 Å². The van der Waals surface area contributed by atoms with Crippen LogP contribution < -0.4 is 5.32 Å². The molecule has 0 aliphatic carbocycles. The summed E-state index contributed by atoms with van der Waals surface area (Å²) in [5, 5.41) is 3.63. The van der Waals surface area contributed by atoms with Gasteiger partial charge in [-0.3, -0.25) is 0 Å². The molecule has 0 spiro atoms. The molecule has 1 aliphatic heterocycles. The van der Waals surface area contributed by atoms with Gasteiger partial charge in [0.1, 0.15) is 0 Å². The molecule has 1 atom stereocenters. The van der Waals surface area contributed by atoms with E-state index < -0.39 is 0 Å². The first kappa shape index (κ1) is 10.9. The second-order valence-corrected chi connectivity index (χ2v) is 5.26. The second kappa shape index (κ2) is 5.45. The van der Waals surface area contributed by atoms with Crippen LogP contribution >= 0.6 is 11.8 Å². The van der Waals surface area contributed by atoms with E-state index >= 15 is 0 Å². The number of thioether (sulfide) groups is 1. The number of hydrogen-bond acceptors (Lipinski definition) is 2. The van der Waals surface area contributed by atoms with Crippen molar-refractivity contribution < 1.29 is 0 Å². The molecule has 15 heavy (non-hydrogen) atoms. The Kier molecular flexibility index (Phi) is 3.95. The molecule has 1 heterocycles. The van der Waals surface area contributed by atoms with Gasteiger partial charge in [-0.25, -0.2) is 0 Å². The third-order valence-electron chi connectivity index (χ3n) is 2.87. The monoisotopic (exact) mass is 221 g/mol.